The molecule has 0 bridgehead atoms. The molecule has 90 valence electrons. The lowest BCUT2D eigenvalue weighted by molar-refractivity contribution is -0.121. The number of carbonyl (C=O) groups excluding carboxylic acids is 1. The minimum absolute atomic E-state index is 0.104. The second kappa shape index (κ2) is 5.41. The average Bonchev–Trinajstić information content (AvgIpc) is 2.59. The number of nitrogens with one attached hydrogen (secondary N) is 1. The van der Waals surface area contributed by atoms with Gasteiger partial charge in [0.15, 0.2) is 0 Å². The summed E-state index contributed by atoms with van der Waals surface area (Å²) in [6.45, 7) is 7.96. The number of aromatic nitrogens is 1. The van der Waals surface area contributed by atoms with Gasteiger partial charge >= 0.3 is 0 Å². The van der Waals surface area contributed by atoms with E-state index in [1.54, 1.807) is 11.3 Å². The Bertz CT molecular complexity index is 362. The van der Waals surface area contributed by atoms with Crippen LogP contribution in [0.4, 0.5) is 0 Å². The first-order valence-electron chi connectivity index (χ1n) is 5.38. The fourth-order valence-electron chi connectivity index (χ4n) is 1.67. The summed E-state index contributed by atoms with van der Waals surface area (Å²) in [4.78, 5) is 16.6. The van der Waals surface area contributed by atoms with Crippen LogP contribution in [-0.4, -0.2) is 16.9 Å². The van der Waals surface area contributed by atoms with Gasteiger partial charge in [0.05, 0.1) is 17.2 Å². The van der Waals surface area contributed by atoms with Crippen LogP contribution < -0.4 is 11.1 Å². The molecule has 0 aliphatic carbocycles. The molecule has 1 aromatic rings. The zero-order valence-electron chi connectivity index (χ0n) is 10.2. The summed E-state index contributed by atoms with van der Waals surface area (Å²) in [5, 5.41) is 3.25. The van der Waals surface area contributed by atoms with Crippen molar-refractivity contribution in [3.05, 3.63) is 16.1 Å². The molecular weight excluding hydrogens is 222 g/mol. The van der Waals surface area contributed by atoms with Crippen molar-refractivity contribution in [1.82, 2.24) is 10.3 Å². The topological polar surface area (TPSA) is 68.0 Å². The Kier molecular flexibility index (Phi) is 4.44. The Morgan fingerprint density at radius 2 is 2.12 bits per heavy atom. The van der Waals surface area contributed by atoms with E-state index in [9.17, 15) is 4.79 Å². The van der Waals surface area contributed by atoms with Gasteiger partial charge in [-0.05, 0) is 19.8 Å². The van der Waals surface area contributed by atoms with E-state index in [1.165, 1.54) is 0 Å². The van der Waals surface area contributed by atoms with Gasteiger partial charge in [-0.1, -0.05) is 13.8 Å². The van der Waals surface area contributed by atoms with Gasteiger partial charge in [0, 0.05) is 10.9 Å². The number of thiazole rings is 1. The summed E-state index contributed by atoms with van der Waals surface area (Å²) in [5.74, 6) is -0.114. The number of nitrogens with zero attached hydrogens (tertiary/aromatic N) is 1. The minimum atomic E-state index is -0.302. The molecular formula is C11H19N3OS. The molecule has 0 spiro atoms. The third-order valence-corrected chi connectivity index (χ3v) is 3.69. The van der Waals surface area contributed by atoms with Crippen molar-refractivity contribution in [1.29, 1.82) is 0 Å². The number of carbonyl (C=O) groups is 1. The maximum absolute atomic E-state index is 11.3. The summed E-state index contributed by atoms with van der Waals surface area (Å²) in [6.07, 6.45) is 0. The van der Waals surface area contributed by atoms with E-state index in [1.807, 2.05) is 33.2 Å². The molecule has 1 rings (SSSR count). The van der Waals surface area contributed by atoms with Crippen molar-refractivity contribution >= 4 is 17.2 Å². The predicted molar refractivity (Wildman–Crippen MR) is 66.2 cm³/mol. The van der Waals surface area contributed by atoms with Crippen LogP contribution in [0.2, 0.25) is 0 Å². The number of amides is 1. The third-order valence-electron chi connectivity index (χ3n) is 2.58. The molecule has 3 N–H and O–H groups in total. The van der Waals surface area contributed by atoms with Crippen LogP contribution in [-0.2, 0) is 4.79 Å². The van der Waals surface area contributed by atoms with Crippen LogP contribution in [0.1, 0.15) is 37.4 Å². The molecule has 0 fully saturated rings. The average molecular weight is 241 g/mol. The Morgan fingerprint density at radius 3 is 2.50 bits per heavy atom. The lowest BCUT2D eigenvalue weighted by atomic mass is 10.0. The van der Waals surface area contributed by atoms with Gasteiger partial charge in [-0.15, -0.1) is 11.3 Å². The summed E-state index contributed by atoms with van der Waals surface area (Å²) in [5.41, 5.74) is 8.19. The minimum Gasteiger partial charge on any atom is -0.368 e. The van der Waals surface area contributed by atoms with E-state index in [0.717, 1.165) is 10.6 Å². The number of hydrogen-bond acceptors (Lipinski definition) is 4. The molecule has 0 radical (unpaired) electrons. The molecule has 16 heavy (non-hydrogen) atoms. The molecule has 5 heteroatoms. The summed E-state index contributed by atoms with van der Waals surface area (Å²) in [7, 11) is 0. The molecule has 0 aromatic carbocycles. The Balaban J connectivity index is 2.73. The number of rotatable bonds is 5. The van der Waals surface area contributed by atoms with Crippen molar-refractivity contribution in [3.63, 3.8) is 0 Å². The standard InChI is InChI=1S/C11H19N3OS/c1-6(2)9(11(12)15)14-8(4)10-7(3)13-5-16-10/h5-6,8-9,14H,1-4H3,(H2,12,15). The van der Waals surface area contributed by atoms with E-state index >= 15 is 0 Å². The summed E-state index contributed by atoms with van der Waals surface area (Å²) >= 11 is 1.60. The van der Waals surface area contributed by atoms with Gasteiger partial charge in [0.25, 0.3) is 0 Å². The maximum Gasteiger partial charge on any atom is 0.234 e. The number of hydrogen-bond donors (Lipinski definition) is 2. The zero-order valence-corrected chi connectivity index (χ0v) is 11.0. The highest BCUT2D eigenvalue weighted by Gasteiger charge is 2.23. The summed E-state index contributed by atoms with van der Waals surface area (Å²) in [6, 6.07) is -0.191. The zero-order chi connectivity index (χ0) is 12.3. The molecule has 0 aliphatic heterocycles. The highest BCUT2D eigenvalue weighted by molar-refractivity contribution is 7.09. The highest BCUT2D eigenvalue weighted by Crippen LogP contribution is 2.22. The smallest absolute Gasteiger partial charge is 0.234 e. The van der Waals surface area contributed by atoms with Gasteiger partial charge in [-0.3, -0.25) is 10.1 Å². The Labute approximate surface area is 100 Å². The Hall–Kier alpha value is -0.940. The van der Waals surface area contributed by atoms with Crippen LogP contribution in [0.25, 0.3) is 0 Å². The van der Waals surface area contributed by atoms with Crippen molar-refractivity contribution in [3.8, 4) is 0 Å². The molecule has 0 saturated carbocycles. The second-order valence-corrected chi connectivity index (χ2v) is 5.20. The monoisotopic (exact) mass is 241 g/mol. The molecule has 4 nitrogen and oxygen atoms in total. The van der Waals surface area contributed by atoms with Crippen LogP contribution in [0, 0.1) is 12.8 Å². The first-order chi connectivity index (χ1) is 7.43. The molecule has 2 atom stereocenters. The largest absolute Gasteiger partial charge is 0.368 e. The summed E-state index contributed by atoms with van der Waals surface area (Å²) < 4.78 is 0. The first kappa shape index (κ1) is 13.1. The number of primary amides is 1. The van der Waals surface area contributed by atoms with Gasteiger partial charge in [-0.25, -0.2) is 4.98 Å². The van der Waals surface area contributed by atoms with Crippen LogP contribution in [0.5, 0.6) is 0 Å². The van der Waals surface area contributed by atoms with Crippen LogP contribution >= 0.6 is 11.3 Å². The van der Waals surface area contributed by atoms with Crippen molar-refractivity contribution < 1.29 is 4.79 Å². The Morgan fingerprint density at radius 1 is 1.50 bits per heavy atom. The lowest BCUT2D eigenvalue weighted by Gasteiger charge is -2.23. The number of aryl methyl sites for hydroxylation is 1. The van der Waals surface area contributed by atoms with Gasteiger partial charge in [0.1, 0.15) is 0 Å². The lowest BCUT2D eigenvalue weighted by Crippen LogP contribution is -2.45. The number of nitrogens with two attached hydrogens (primary N) is 1. The highest BCUT2D eigenvalue weighted by atomic mass is 32.1. The predicted octanol–water partition coefficient (Wildman–Crippen LogP) is 1.61. The molecule has 1 heterocycles. The molecule has 1 amide bonds. The SMILES string of the molecule is Cc1ncsc1C(C)NC(C(N)=O)C(C)C. The van der Waals surface area contributed by atoms with Crippen molar-refractivity contribution in [2.75, 3.05) is 0 Å². The van der Waals surface area contributed by atoms with E-state index in [-0.39, 0.29) is 23.9 Å². The first-order valence-corrected chi connectivity index (χ1v) is 6.26. The fourth-order valence-corrected chi connectivity index (χ4v) is 2.49. The molecule has 0 saturated heterocycles. The normalized spacial score (nSPS) is 15.1. The molecule has 2 unspecified atom stereocenters. The third kappa shape index (κ3) is 3.02. The van der Waals surface area contributed by atoms with E-state index in [2.05, 4.69) is 10.3 Å². The molecule has 0 aliphatic rings. The van der Waals surface area contributed by atoms with Crippen molar-refractivity contribution in [2.24, 2.45) is 11.7 Å². The van der Waals surface area contributed by atoms with E-state index in [4.69, 9.17) is 5.73 Å². The van der Waals surface area contributed by atoms with Gasteiger partial charge < -0.3 is 5.73 Å². The van der Waals surface area contributed by atoms with Gasteiger partial charge in [-0.2, -0.15) is 0 Å². The van der Waals surface area contributed by atoms with Crippen molar-refractivity contribution in [2.45, 2.75) is 39.8 Å². The second-order valence-electron chi connectivity index (χ2n) is 4.31. The quantitative estimate of drug-likeness (QED) is 0.823. The van der Waals surface area contributed by atoms with Crippen LogP contribution in [0.3, 0.4) is 0 Å². The van der Waals surface area contributed by atoms with Crippen LogP contribution in [0.15, 0.2) is 5.51 Å². The van der Waals surface area contributed by atoms with Gasteiger partial charge in [0.2, 0.25) is 5.91 Å². The molecule has 1 aromatic heterocycles. The van der Waals surface area contributed by atoms with E-state index in [0.29, 0.717) is 0 Å². The fraction of sp³-hybridized carbons (Fsp3) is 0.636. The maximum atomic E-state index is 11.3. The van der Waals surface area contributed by atoms with E-state index < -0.39 is 0 Å².